The summed E-state index contributed by atoms with van der Waals surface area (Å²) in [7, 11) is 0. The molecule has 0 radical (unpaired) electrons. The summed E-state index contributed by atoms with van der Waals surface area (Å²) in [5.74, 6) is -1.13. The van der Waals surface area contributed by atoms with Crippen LogP contribution in [0, 0.1) is 0 Å². The first kappa shape index (κ1) is 12.6. The maximum Gasteiger partial charge on any atom is 0.345 e. The molecule has 1 saturated heterocycles. The zero-order valence-corrected chi connectivity index (χ0v) is 11.3. The molecule has 1 aliphatic heterocycles. The number of nitrogens with zero attached hydrogens (tertiary/aromatic N) is 1. The van der Waals surface area contributed by atoms with Gasteiger partial charge in [0.1, 0.15) is 4.88 Å². The molecule has 1 aromatic rings. The molecule has 2 heterocycles. The molecule has 1 aliphatic carbocycles. The summed E-state index contributed by atoms with van der Waals surface area (Å²) in [6.45, 7) is 1.98. The largest absolute Gasteiger partial charge is 0.477 e. The Labute approximate surface area is 115 Å². The molecule has 1 aromatic heterocycles. The number of aromatic carboxylic acids is 1. The van der Waals surface area contributed by atoms with Gasteiger partial charge in [0.05, 0.1) is 4.88 Å². The Hall–Kier alpha value is -1.40. The molecule has 1 atom stereocenters. The van der Waals surface area contributed by atoms with Gasteiger partial charge in [0.2, 0.25) is 0 Å². The minimum Gasteiger partial charge on any atom is -0.477 e. The van der Waals surface area contributed by atoms with Crippen molar-refractivity contribution in [2.45, 2.75) is 31.3 Å². The Morgan fingerprint density at radius 1 is 1.26 bits per heavy atom. The molecule has 1 amide bonds. The first-order valence-corrected chi connectivity index (χ1v) is 7.33. The summed E-state index contributed by atoms with van der Waals surface area (Å²) in [4.78, 5) is 25.9. The Morgan fingerprint density at radius 3 is 2.63 bits per heavy atom. The van der Waals surface area contributed by atoms with Crippen molar-refractivity contribution in [3.63, 3.8) is 0 Å². The lowest BCUT2D eigenvalue weighted by Crippen LogP contribution is -2.37. The SMILES string of the molecule is O=C(O)c1ccc(C(=O)NC2CCN(C3CC3)C2)s1. The molecule has 6 heteroatoms. The van der Waals surface area contributed by atoms with E-state index in [9.17, 15) is 9.59 Å². The van der Waals surface area contributed by atoms with E-state index in [-0.39, 0.29) is 16.8 Å². The van der Waals surface area contributed by atoms with Gasteiger partial charge < -0.3 is 10.4 Å². The van der Waals surface area contributed by atoms with E-state index in [2.05, 4.69) is 10.2 Å². The van der Waals surface area contributed by atoms with Crippen molar-refractivity contribution in [1.82, 2.24) is 10.2 Å². The van der Waals surface area contributed by atoms with Crippen molar-refractivity contribution in [2.75, 3.05) is 13.1 Å². The second kappa shape index (κ2) is 4.94. The lowest BCUT2D eigenvalue weighted by molar-refractivity contribution is 0.0702. The van der Waals surface area contributed by atoms with Crippen molar-refractivity contribution in [3.8, 4) is 0 Å². The standard InChI is InChI=1S/C13H16N2O3S/c16-12(10-3-4-11(19-10)13(17)18)14-8-5-6-15(7-8)9-1-2-9/h3-4,8-9H,1-2,5-7H2,(H,14,16)(H,17,18). The molecular formula is C13H16N2O3S. The number of nitrogens with one attached hydrogen (secondary N) is 1. The Morgan fingerprint density at radius 2 is 2.00 bits per heavy atom. The average Bonchev–Trinajstić information content (AvgIpc) is 2.92. The number of amides is 1. The molecule has 1 unspecified atom stereocenters. The Balaban J connectivity index is 1.57. The number of rotatable bonds is 4. The second-order valence-corrected chi connectivity index (χ2v) is 6.24. The van der Waals surface area contributed by atoms with E-state index in [1.807, 2.05) is 0 Å². The zero-order chi connectivity index (χ0) is 13.4. The molecule has 2 N–H and O–H groups in total. The first-order chi connectivity index (χ1) is 9.13. The molecule has 0 aromatic carbocycles. The van der Waals surface area contributed by atoms with E-state index in [1.54, 1.807) is 6.07 Å². The third-order valence-electron chi connectivity index (χ3n) is 3.66. The molecule has 19 heavy (non-hydrogen) atoms. The van der Waals surface area contributed by atoms with Gasteiger partial charge in [0, 0.05) is 25.2 Å². The number of carbonyl (C=O) groups excluding carboxylic acids is 1. The molecular weight excluding hydrogens is 264 g/mol. The maximum atomic E-state index is 12.0. The second-order valence-electron chi connectivity index (χ2n) is 5.15. The summed E-state index contributed by atoms with van der Waals surface area (Å²) in [5, 5.41) is 11.8. The summed E-state index contributed by atoms with van der Waals surface area (Å²) in [6, 6.07) is 4.00. The highest BCUT2D eigenvalue weighted by atomic mass is 32.1. The fourth-order valence-corrected chi connectivity index (χ4v) is 3.26. The van der Waals surface area contributed by atoms with E-state index in [0.29, 0.717) is 4.88 Å². The average molecular weight is 280 g/mol. The predicted molar refractivity (Wildman–Crippen MR) is 71.7 cm³/mol. The van der Waals surface area contributed by atoms with Gasteiger partial charge in [-0.1, -0.05) is 0 Å². The van der Waals surface area contributed by atoms with Gasteiger partial charge in [-0.25, -0.2) is 4.79 Å². The summed E-state index contributed by atoms with van der Waals surface area (Å²) in [5.41, 5.74) is 0. The number of hydrogen-bond acceptors (Lipinski definition) is 4. The van der Waals surface area contributed by atoms with Crippen molar-refractivity contribution in [3.05, 3.63) is 21.9 Å². The molecule has 1 saturated carbocycles. The maximum absolute atomic E-state index is 12.0. The highest BCUT2D eigenvalue weighted by Crippen LogP contribution is 2.29. The van der Waals surface area contributed by atoms with Gasteiger partial charge in [0.15, 0.2) is 0 Å². The number of thiophene rings is 1. The topological polar surface area (TPSA) is 69.6 Å². The van der Waals surface area contributed by atoms with Crippen molar-refractivity contribution < 1.29 is 14.7 Å². The van der Waals surface area contributed by atoms with Crippen LogP contribution in [-0.4, -0.2) is 47.1 Å². The lowest BCUT2D eigenvalue weighted by Gasteiger charge is -2.15. The molecule has 5 nitrogen and oxygen atoms in total. The molecule has 102 valence electrons. The van der Waals surface area contributed by atoms with Crippen LogP contribution >= 0.6 is 11.3 Å². The molecule has 2 aliphatic rings. The molecule has 0 spiro atoms. The third-order valence-corrected chi connectivity index (χ3v) is 4.73. The minimum absolute atomic E-state index is 0.153. The van der Waals surface area contributed by atoms with Crippen LogP contribution < -0.4 is 5.32 Å². The quantitative estimate of drug-likeness (QED) is 0.875. The van der Waals surface area contributed by atoms with Crippen LogP contribution in [0.15, 0.2) is 12.1 Å². The minimum atomic E-state index is -0.982. The van der Waals surface area contributed by atoms with Gasteiger partial charge in [-0.3, -0.25) is 9.69 Å². The summed E-state index contributed by atoms with van der Waals surface area (Å²) in [6.07, 6.45) is 3.56. The van der Waals surface area contributed by atoms with Crippen molar-refractivity contribution >= 4 is 23.2 Å². The number of carboxylic acid groups (broad SMARTS) is 1. The van der Waals surface area contributed by atoms with Crippen molar-refractivity contribution in [1.29, 1.82) is 0 Å². The van der Waals surface area contributed by atoms with Crippen LogP contribution in [0.4, 0.5) is 0 Å². The van der Waals surface area contributed by atoms with E-state index >= 15 is 0 Å². The number of likely N-dealkylation sites (tertiary alicyclic amines) is 1. The summed E-state index contributed by atoms with van der Waals surface area (Å²) < 4.78 is 0. The van der Waals surface area contributed by atoms with Crippen molar-refractivity contribution in [2.24, 2.45) is 0 Å². The van der Waals surface area contributed by atoms with E-state index < -0.39 is 5.97 Å². The van der Waals surface area contributed by atoms with Gasteiger partial charge in [-0.15, -0.1) is 11.3 Å². The van der Waals surface area contributed by atoms with Crippen LogP contribution in [0.5, 0.6) is 0 Å². The first-order valence-electron chi connectivity index (χ1n) is 6.51. The fraction of sp³-hybridized carbons (Fsp3) is 0.538. The summed E-state index contributed by atoms with van der Waals surface area (Å²) >= 11 is 1.03. The lowest BCUT2D eigenvalue weighted by atomic mass is 10.2. The van der Waals surface area contributed by atoms with Crippen LogP contribution in [0.1, 0.15) is 38.6 Å². The number of carboxylic acids is 1. The van der Waals surface area contributed by atoms with E-state index in [1.165, 1.54) is 18.9 Å². The normalized spacial score (nSPS) is 23.5. The monoisotopic (exact) mass is 280 g/mol. The highest BCUT2D eigenvalue weighted by Gasteiger charge is 2.34. The van der Waals surface area contributed by atoms with Crippen LogP contribution in [-0.2, 0) is 0 Å². The van der Waals surface area contributed by atoms with Gasteiger partial charge >= 0.3 is 5.97 Å². The van der Waals surface area contributed by atoms with Gasteiger partial charge in [0.25, 0.3) is 5.91 Å². The Bertz CT molecular complexity index is 510. The predicted octanol–water partition coefficient (Wildman–Crippen LogP) is 1.41. The van der Waals surface area contributed by atoms with Crippen LogP contribution in [0.3, 0.4) is 0 Å². The molecule has 2 fully saturated rings. The smallest absolute Gasteiger partial charge is 0.345 e. The zero-order valence-electron chi connectivity index (χ0n) is 10.5. The molecule has 3 rings (SSSR count). The van der Waals surface area contributed by atoms with Gasteiger partial charge in [-0.2, -0.15) is 0 Å². The van der Waals surface area contributed by atoms with E-state index in [0.717, 1.165) is 36.9 Å². The molecule has 0 bridgehead atoms. The number of hydrogen-bond donors (Lipinski definition) is 2. The van der Waals surface area contributed by atoms with E-state index in [4.69, 9.17) is 5.11 Å². The fourth-order valence-electron chi connectivity index (χ4n) is 2.51. The highest BCUT2D eigenvalue weighted by molar-refractivity contribution is 7.15. The van der Waals surface area contributed by atoms with Crippen LogP contribution in [0.25, 0.3) is 0 Å². The Kier molecular flexibility index (Phi) is 3.28. The number of carbonyl (C=O) groups is 2. The third kappa shape index (κ3) is 2.79. The van der Waals surface area contributed by atoms with Gasteiger partial charge in [-0.05, 0) is 31.4 Å². The van der Waals surface area contributed by atoms with Crippen LogP contribution in [0.2, 0.25) is 0 Å².